The van der Waals surface area contributed by atoms with Gasteiger partial charge in [-0.3, -0.25) is 0 Å². The van der Waals surface area contributed by atoms with Gasteiger partial charge in [0.1, 0.15) is 12.1 Å². The van der Waals surface area contributed by atoms with Crippen molar-refractivity contribution in [2.75, 3.05) is 11.9 Å². The molecule has 7 heteroatoms. The number of ether oxygens (including phenoxy) is 1. The van der Waals surface area contributed by atoms with Crippen LogP contribution >= 0.6 is 0 Å². The van der Waals surface area contributed by atoms with Crippen LogP contribution in [-0.4, -0.2) is 39.8 Å². The molecule has 1 fully saturated rings. The van der Waals surface area contributed by atoms with E-state index in [2.05, 4.69) is 15.3 Å². The van der Waals surface area contributed by atoms with Crippen LogP contribution in [0.5, 0.6) is 0 Å². The SMILES string of the molecule is CCOC(=O)c1coc(-c2ccnc(N[C@H]3CCCC[C@H]3O)c2)n1. The molecular formula is C17H21N3O4. The molecule has 0 saturated heterocycles. The summed E-state index contributed by atoms with van der Waals surface area (Å²) < 4.78 is 10.3. The van der Waals surface area contributed by atoms with E-state index in [1.54, 1.807) is 25.3 Å². The Morgan fingerprint density at radius 2 is 2.29 bits per heavy atom. The quantitative estimate of drug-likeness (QED) is 0.813. The lowest BCUT2D eigenvalue weighted by molar-refractivity contribution is 0.0519. The summed E-state index contributed by atoms with van der Waals surface area (Å²) in [7, 11) is 0. The summed E-state index contributed by atoms with van der Waals surface area (Å²) in [6, 6.07) is 3.55. The van der Waals surface area contributed by atoms with Crippen LogP contribution in [0.25, 0.3) is 11.5 Å². The number of carbonyl (C=O) groups is 1. The van der Waals surface area contributed by atoms with Gasteiger partial charge < -0.3 is 19.6 Å². The topological polar surface area (TPSA) is 97.5 Å². The van der Waals surface area contributed by atoms with Gasteiger partial charge in [0.15, 0.2) is 5.69 Å². The first-order valence-corrected chi connectivity index (χ1v) is 8.21. The molecule has 0 unspecified atom stereocenters. The first-order valence-electron chi connectivity index (χ1n) is 8.21. The summed E-state index contributed by atoms with van der Waals surface area (Å²) >= 11 is 0. The molecule has 0 bridgehead atoms. The van der Waals surface area contributed by atoms with Crippen LogP contribution in [0.15, 0.2) is 29.0 Å². The summed E-state index contributed by atoms with van der Waals surface area (Å²) in [5, 5.41) is 13.3. The van der Waals surface area contributed by atoms with Gasteiger partial charge in [0, 0.05) is 11.8 Å². The van der Waals surface area contributed by atoms with E-state index in [0.29, 0.717) is 17.3 Å². The number of esters is 1. The average Bonchev–Trinajstić information content (AvgIpc) is 3.08. The largest absolute Gasteiger partial charge is 0.461 e. The zero-order valence-electron chi connectivity index (χ0n) is 13.6. The first kappa shape index (κ1) is 16.4. The normalized spacial score (nSPS) is 20.6. The van der Waals surface area contributed by atoms with Gasteiger partial charge in [-0.2, -0.15) is 0 Å². The highest BCUT2D eigenvalue weighted by Crippen LogP contribution is 2.24. The number of rotatable bonds is 5. The number of nitrogens with one attached hydrogen (secondary N) is 1. The molecule has 0 amide bonds. The monoisotopic (exact) mass is 331 g/mol. The Balaban J connectivity index is 1.74. The van der Waals surface area contributed by atoms with Crippen LogP contribution in [0.1, 0.15) is 43.1 Å². The van der Waals surface area contributed by atoms with Gasteiger partial charge in [0.25, 0.3) is 0 Å². The van der Waals surface area contributed by atoms with E-state index >= 15 is 0 Å². The van der Waals surface area contributed by atoms with E-state index in [1.165, 1.54) is 6.26 Å². The zero-order chi connectivity index (χ0) is 16.9. The number of nitrogens with zero attached hydrogens (tertiary/aromatic N) is 2. The Morgan fingerprint density at radius 1 is 1.46 bits per heavy atom. The fourth-order valence-corrected chi connectivity index (χ4v) is 2.82. The van der Waals surface area contributed by atoms with Crippen LogP contribution in [0.3, 0.4) is 0 Å². The Kier molecular flexibility index (Phi) is 5.10. The number of carbonyl (C=O) groups excluding carboxylic acids is 1. The van der Waals surface area contributed by atoms with Crippen LogP contribution in [-0.2, 0) is 4.74 Å². The summed E-state index contributed by atoms with van der Waals surface area (Å²) in [5.74, 6) is 0.465. The van der Waals surface area contributed by atoms with Gasteiger partial charge in [0.05, 0.1) is 18.8 Å². The van der Waals surface area contributed by atoms with Crippen molar-refractivity contribution in [3.05, 3.63) is 30.3 Å². The van der Waals surface area contributed by atoms with Crippen molar-refractivity contribution in [1.29, 1.82) is 0 Å². The summed E-state index contributed by atoms with van der Waals surface area (Å²) in [4.78, 5) is 20.1. The molecule has 1 aliphatic carbocycles. The van der Waals surface area contributed by atoms with Crippen molar-refractivity contribution in [3.63, 3.8) is 0 Å². The maximum atomic E-state index is 11.7. The highest BCUT2D eigenvalue weighted by Gasteiger charge is 2.23. The van der Waals surface area contributed by atoms with E-state index in [1.807, 2.05) is 0 Å². The minimum atomic E-state index is -0.509. The molecule has 0 aliphatic heterocycles. The molecule has 3 rings (SSSR count). The van der Waals surface area contributed by atoms with E-state index in [4.69, 9.17) is 9.15 Å². The average molecular weight is 331 g/mol. The molecular weight excluding hydrogens is 310 g/mol. The fourth-order valence-electron chi connectivity index (χ4n) is 2.82. The lowest BCUT2D eigenvalue weighted by atomic mass is 9.92. The summed E-state index contributed by atoms with van der Waals surface area (Å²) in [5.41, 5.74) is 0.842. The Labute approximate surface area is 140 Å². The predicted octanol–water partition coefficient (Wildman–Crippen LogP) is 2.63. The smallest absolute Gasteiger partial charge is 0.360 e. The molecule has 2 heterocycles. The molecule has 2 atom stereocenters. The minimum Gasteiger partial charge on any atom is -0.461 e. The predicted molar refractivity (Wildman–Crippen MR) is 87.6 cm³/mol. The number of aliphatic hydroxyl groups is 1. The summed E-state index contributed by atoms with van der Waals surface area (Å²) in [6.45, 7) is 2.02. The molecule has 128 valence electrons. The van der Waals surface area contributed by atoms with Crippen molar-refractivity contribution in [1.82, 2.24) is 9.97 Å². The second-order valence-corrected chi connectivity index (χ2v) is 5.79. The molecule has 2 aromatic rings. The second kappa shape index (κ2) is 7.44. The van der Waals surface area contributed by atoms with Crippen molar-refractivity contribution in [2.45, 2.75) is 44.8 Å². The maximum Gasteiger partial charge on any atom is 0.360 e. The number of oxazole rings is 1. The van der Waals surface area contributed by atoms with Crippen LogP contribution in [0, 0.1) is 0 Å². The van der Waals surface area contributed by atoms with Crippen molar-refractivity contribution in [2.24, 2.45) is 0 Å². The van der Waals surface area contributed by atoms with Crippen molar-refractivity contribution in [3.8, 4) is 11.5 Å². The Hall–Kier alpha value is -2.41. The third-order valence-corrected chi connectivity index (χ3v) is 4.06. The lowest BCUT2D eigenvalue weighted by Crippen LogP contribution is -2.36. The Morgan fingerprint density at radius 3 is 3.08 bits per heavy atom. The molecule has 24 heavy (non-hydrogen) atoms. The van der Waals surface area contributed by atoms with Gasteiger partial charge in [0.2, 0.25) is 5.89 Å². The van der Waals surface area contributed by atoms with Gasteiger partial charge >= 0.3 is 5.97 Å². The molecule has 1 aliphatic rings. The van der Waals surface area contributed by atoms with E-state index in [-0.39, 0.29) is 24.4 Å². The van der Waals surface area contributed by atoms with Gasteiger partial charge in [-0.25, -0.2) is 14.8 Å². The second-order valence-electron chi connectivity index (χ2n) is 5.79. The maximum absolute atomic E-state index is 11.7. The molecule has 0 spiro atoms. The van der Waals surface area contributed by atoms with Crippen LogP contribution < -0.4 is 5.32 Å². The molecule has 1 saturated carbocycles. The van der Waals surface area contributed by atoms with Crippen LogP contribution in [0.4, 0.5) is 5.82 Å². The van der Waals surface area contributed by atoms with E-state index in [9.17, 15) is 9.90 Å². The van der Waals surface area contributed by atoms with Gasteiger partial charge in [-0.15, -0.1) is 0 Å². The number of aromatic nitrogens is 2. The van der Waals surface area contributed by atoms with Crippen molar-refractivity contribution >= 4 is 11.8 Å². The number of hydrogen-bond acceptors (Lipinski definition) is 7. The third-order valence-electron chi connectivity index (χ3n) is 4.06. The van der Waals surface area contributed by atoms with E-state index in [0.717, 1.165) is 25.7 Å². The number of aliphatic hydroxyl groups excluding tert-OH is 1. The summed E-state index contributed by atoms with van der Waals surface area (Å²) in [6.07, 6.45) is 6.43. The highest BCUT2D eigenvalue weighted by atomic mass is 16.5. The number of hydrogen-bond donors (Lipinski definition) is 2. The van der Waals surface area contributed by atoms with Crippen LogP contribution in [0.2, 0.25) is 0 Å². The number of anilines is 1. The van der Waals surface area contributed by atoms with Gasteiger partial charge in [-0.05, 0) is 31.9 Å². The standard InChI is InChI=1S/C17H21N3O4/c1-2-23-17(22)13-10-24-16(20-13)11-7-8-18-15(9-11)19-12-5-3-4-6-14(12)21/h7-10,12,14,21H,2-6H2,1H3,(H,18,19)/t12-,14+/m0/s1. The molecule has 7 nitrogen and oxygen atoms in total. The molecule has 2 aromatic heterocycles. The van der Waals surface area contributed by atoms with E-state index < -0.39 is 5.97 Å². The molecule has 0 aromatic carbocycles. The molecule has 2 N–H and O–H groups in total. The minimum absolute atomic E-state index is 0.00107. The zero-order valence-corrected chi connectivity index (χ0v) is 13.6. The fraction of sp³-hybridized carbons (Fsp3) is 0.471. The highest BCUT2D eigenvalue weighted by molar-refractivity contribution is 5.87. The first-order chi connectivity index (χ1) is 11.7. The lowest BCUT2D eigenvalue weighted by Gasteiger charge is -2.28. The Bertz CT molecular complexity index is 701. The van der Waals surface area contributed by atoms with Crippen molar-refractivity contribution < 1.29 is 19.1 Å². The molecule has 0 radical (unpaired) electrons. The third kappa shape index (κ3) is 3.73. The number of pyridine rings is 1. The van der Waals surface area contributed by atoms with Gasteiger partial charge in [-0.1, -0.05) is 12.8 Å².